The van der Waals surface area contributed by atoms with Crippen LogP contribution in [0.5, 0.6) is 0 Å². The number of carbonyl (C=O) groups is 3. The number of thioether (sulfide) groups is 2. The van der Waals surface area contributed by atoms with E-state index in [0.29, 0.717) is 37.7 Å². The molecule has 2 aromatic carbocycles. The average Bonchev–Trinajstić information content (AvgIpc) is 3.32. The van der Waals surface area contributed by atoms with Crippen LogP contribution in [0.15, 0.2) is 62.5 Å². The number of carbonyl (C=O) groups excluding carboxylic acids is 1. The largest absolute Gasteiger partial charge is 0.481 e. The van der Waals surface area contributed by atoms with Gasteiger partial charge in [-0.3, -0.25) is 19.8 Å². The Morgan fingerprint density at radius 1 is 1.13 bits per heavy atom. The Morgan fingerprint density at radius 2 is 1.82 bits per heavy atom. The van der Waals surface area contributed by atoms with Gasteiger partial charge in [-0.15, -0.1) is 34.9 Å². The van der Waals surface area contributed by atoms with E-state index in [1.54, 1.807) is 43.5 Å². The van der Waals surface area contributed by atoms with Gasteiger partial charge in [-0.1, -0.05) is 24.3 Å². The van der Waals surface area contributed by atoms with Crippen LogP contribution < -0.4 is 11.1 Å². The van der Waals surface area contributed by atoms with Crippen LogP contribution in [0.2, 0.25) is 0 Å². The summed E-state index contributed by atoms with van der Waals surface area (Å²) in [6, 6.07) is 12.8. The van der Waals surface area contributed by atoms with Gasteiger partial charge in [-0.05, 0) is 48.6 Å². The first-order valence-electron chi connectivity index (χ1n) is 11.2. The van der Waals surface area contributed by atoms with Gasteiger partial charge in [0.15, 0.2) is 0 Å². The van der Waals surface area contributed by atoms with Gasteiger partial charge >= 0.3 is 11.9 Å². The number of nitrogens with one attached hydrogen (secondary N) is 2. The number of anilines is 1. The molecule has 1 aromatic heterocycles. The van der Waals surface area contributed by atoms with E-state index in [-0.39, 0.29) is 21.4 Å². The van der Waals surface area contributed by atoms with Gasteiger partial charge < -0.3 is 21.3 Å². The summed E-state index contributed by atoms with van der Waals surface area (Å²) in [5, 5.41) is 27.2. The quantitative estimate of drug-likeness (QED) is 0.114. The summed E-state index contributed by atoms with van der Waals surface area (Å²) in [5.74, 6) is -3.65. The number of aliphatic carboxylic acids is 2. The molecule has 0 spiro atoms. The molecule has 3 rings (SSSR count). The second-order valence-electron chi connectivity index (χ2n) is 8.19. The zero-order chi connectivity index (χ0) is 28.9. The molecule has 0 aliphatic heterocycles. The van der Waals surface area contributed by atoms with Crippen molar-refractivity contribution in [2.45, 2.75) is 32.6 Å². The number of hydrogen-bond acceptors (Lipinski definition) is 9. The molecular weight excluding hydrogens is 583 g/mol. The van der Waals surface area contributed by atoms with Gasteiger partial charge in [0.25, 0.3) is 0 Å². The fraction of sp³-hybridized carbons (Fsp3) is 0.200. The van der Waals surface area contributed by atoms with E-state index in [4.69, 9.17) is 16.2 Å². The standard InChI is InChI=1S/C25H25N3O7S4/c1-13-5-3-8-16(28-20(29)12-37-18(24(32)33)11-21(30)31)22(13)14-6-4-7-15(9-14)39(34,35)19-10-17(23(26)27)38-25(19)36-2/h3-10,18H,11-12H2,1-2H3,(H3,26,27)(H,28,29)(H,30,31)(H,32,33). The van der Waals surface area contributed by atoms with Crippen molar-refractivity contribution in [2.75, 3.05) is 17.3 Å². The minimum atomic E-state index is -3.97. The molecule has 1 atom stereocenters. The van der Waals surface area contributed by atoms with E-state index in [2.05, 4.69) is 5.32 Å². The Hall–Kier alpha value is -3.33. The van der Waals surface area contributed by atoms with Gasteiger partial charge in [0, 0.05) is 11.3 Å². The van der Waals surface area contributed by atoms with Gasteiger partial charge in [0.1, 0.15) is 11.1 Å². The molecule has 0 saturated heterocycles. The second kappa shape index (κ2) is 12.7. The highest BCUT2D eigenvalue weighted by Crippen LogP contribution is 2.39. The summed E-state index contributed by atoms with van der Waals surface area (Å²) in [7, 11) is -3.97. The van der Waals surface area contributed by atoms with Crippen molar-refractivity contribution in [3.8, 4) is 11.1 Å². The summed E-state index contributed by atoms with van der Waals surface area (Å²) >= 11 is 3.08. The molecule has 1 unspecified atom stereocenters. The predicted octanol–water partition coefficient (Wildman–Crippen LogP) is 4.16. The van der Waals surface area contributed by atoms with Crippen molar-refractivity contribution < 1.29 is 33.0 Å². The Morgan fingerprint density at radius 3 is 2.44 bits per heavy atom. The number of benzene rings is 2. The zero-order valence-electron chi connectivity index (χ0n) is 20.8. The molecule has 10 nitrogen and oxygen atoms in total. The lowest BCUT2D eigenvalue weighted by molar-refractivity contribution is -0.142. The number of rotatable bonds is 12. The number of hydrogen-bond donors (Lipinski definition) is 5. The summed E-state index contributed by atoms with van der Waals surface area (Å²) in [6.45, 7) is 1.80. The molecular formula is C25H25N3O7S4. The van der Waals surface area contributed by atoms with Crippen molar-refractivity contribution in [1.29, 1.82) is 5.41 Å². The normalized spacial score (nSPS) is 12.1. The molecule has 1 heterocycles. The SMILES string of the molecule is CSc1sc(C(=N)N)cc1S(=O)(=O)c1cccc(-c2c(C)cccc2NC(=O)CSC(CC(=O)O)C(=O)O)c1. The molecule has 0 aliphatic rings. The molecule has 0 saturated carbocycles. The maximum Gasteiger partial charge on any atom is 0.317 e. The Labute approximate surface area is 237 Å². The van der Waals surface area contributed by atoms with Crippen LogP contribution in [0, 0.1) is 12.3 Å². The molecule has 0 bridgehead atoms. The van der Waals surface area contributed by atoms with Crippen LogP contribution in [-0.4, -0.2) is 59.6 Å². The first-order chi connectivity index (χ1) is 18.3. The third-order valence-corrected chi connectivity index (χ3v) is 11.0. The summed E-state index contributed by atoms with van der Waals surface area (Å²) in [5.41, 5.74) is 7.82. The lowest BCUT2D eigenvalue weighted by Crippen LogP contribution is -2.24. The number of amides is 1. The highest BCUT2D eigenvalue weighted by molar-refractivity contribution is 8.01. The molecule has 6 N–H and O–H groups in total. The highest BCUT2D eigenvalue weighted by Gasteiger charge is 2.26. The van der Waals surface area contributed by atoms with E-state index < -0.39 is 39.4 Å². The first kappa shape index (κ1) is 30.2. The predicted molar refractivity (Wildman–Crippen MR) is 154 cm³/mol. The lowest BCUT2D eigenvalue weighted by Gasteiger charge is -2.16. The third kappa shape index (κ3) is 7.20. The maximum atomic E-state index is 13.6. The van der Waals surface area contributed by atoms with Gasteiger partial charge in [0.05, 0.1) is 31.1 Å². The van der Waals surface area contributed by atoms with Crippen LogP contribution in [0.4, 0.5) is 5.69 Å². The van der Waals surface area contributed by atoms with Crippen molar-refractivity contribution >= 4 is 74.1 Å². The monoisotopic (exact) mass is 607 g/mol. The zero-order valence-corrected chi connectivity index (χ0v) is 24.0. The van der Waals surface area contributed by atoms with Gasteiger partial charge in [-0.2, -0.15) is 0 Å². The van der Waals surface area contributed by atoms with Gasteiger partial charge in [0.2, 0.25) is 15.7 Å². The molecule has 1 amide bonds. The number of nitrogen functional groups attached to an aromatic ring is 1. The first-order valence-corrected chi connectivity index (χ1v) is 15.8. The smallest absolute Gasteiger partial charge is 0.317 e. The molecule has 3 aromatic rings. The number of nitrogens with two attached hydrogens (primary N) is 1. The minimum Gasteiger partial charge on any atom is -0.481 e. The van der Waals surface area contributed by atoms with E-state index >= 15 is 0 Å². The highest BCUT2D eigenvalue weighted by atomic mass is 32.2. The number of amidine groups is 1. The minimum absolute atomic E-state index is 0.0252. The van der Waals surface area contributed by atoms with Crippen LogP contribution in [0.3, 0.4) is 0 Å². The number of carboxylic acids is 2. The van der Waals surface area contributed by atoms with E-state index in [0.717, 1.165) is 16.9 Å². The lowest BCUT2D eigenvalue weighted by atomic mass is 9.98. The number of thiophene rings is 1. The fourth-order valence-electron chi connectivity index (χ4n) is 3.66. The Balaban J connectivity index is 1.94. The second-order valence-corrected chi connectivity index (χ2v) is 13.4. The Bertz CT molecular complexity index is 1550. The summed E-state index contributed by atoms with van der Waals surface area (Å²) in [6.07, 6.45) is 1.12. The number of carboxylic acid groups (broad SMARTS) is 2. The summed E-state index contributed by atoms with van der Waals surface area (Å²) in [4.78, 5) is 35.3. The maximum absolute atomic E-state index is 13.6. The fourth-order valence-corrected chi connectivity index (χ4v) is 8.39. The van der Waals surface area contributed by atoms with Crippen molar-refractivity contribution in [1.82, 2.24) is 0 Å². The molecule has 206 valence electrons. The average molecular weight is 608 g/mol. The molecule has 0 fully saturated rings. The van der Waals surface area contributed by atoms with Crippen molar-refractivity contribution in [2.24, 2.45) is 5.73 Å². The molecule has 0 radical (unpaired) electrons. The third-order valence-electron chi connectivity index (χ3n) is 5.44. The van der Waals surface area contributed by atoms with Crippen LogP contribution in [0.1, 0.15) is 16.9 Å². The van der Waals surface area contributed by atoms with Crippen LogP contribution >= 0.6 is 34.9 Å². The van der Waals surface area contributed by atoms with E-state index in [1.165, 1.54) is 30.0 Å². The topological polar surface area (TPSA) is 188 Å². The van der Waals surface area contributed by atoms with Crippen molar-refractivity contribution in [3.05, 3.63) is 59.0 Å². The van der Waals surface area contributed by atoms with Crippen LogP contribution in [0.25, 0.3) is 11.1 Å². The van der Waals surface area contributed by atoms with Gasteiger partial charge in [-0.25, -0.2) is 8.42 Å². The van der Waals surface area contributed by atoms with Crippen LogP contribution in [-0.2, 0) is 24.2 Å². The summed E-state index contributed by atoms with van der Waals surface area (Å²) < 4.78 is 27.7. The van der Waals surface area contributed by atoms with E-state index in [1.807, 2.05) is 0 Å². The molecule has 39 heavy (non-hydrogen) atoms. The number of sulfone groups is 1. The van der Waals surface area contributed by atoms with E-state index in [9.17, 15) is 27.9 Å². The molecule has 14 heteroatoms. The van der Waals surface area contributed by atoms with Crippen molar-refractivity contribution in [3.63, 3.8) is 0 Å². The molecule has 0 aliphatic carbocycles. The number of aryl methyl sites for hydroxylation is 1. The Kier molecular flexibility index (Phi) is 9.83.